The summed E-state index contributed by atoms with van der Waals surface area (Å²) in [6, 6.07) is 6.06. The van der Waals surface area contributed by atoms with Gasteiger partial charge in [-0.05, 0) is 46.5 Å². The summed E-state index contributed by atoms with van der Waals surface area (Å²) in [6.45, 7) is 0. The van der Waals surface area contributed by atoms with E-state index in [0.29, 0.717) is 0 Å². The molecule has 18 heavy (non-hydrogen) atoms. The molecular formula is C15H21BrO2. The lowest BCUT2D eigenvalue weighted by Gasteiger charge is -2.26. The molecule has 1 aliphatic carbocycles. The quantitative estimate of drug-likeness (QED) is 0.852. The van der Waals surface area contributed by atoms with E-state index in [1.165, 1.54) is 18.4 Å². The molecule has 0 spiro atoms. The van der Waals surface area contributed by atoms with Gasteiger partial charge in [0.05, 0.1) is 17.2 Å². The molecule has 1 saturated carbocycles. The smallest absolute Gasteiger partial charge is 0.133 e. The van der Waals surface area contributed by atoms with Crippen LogP contribution in [-0.4, -0.2) is 17.8 Å². The molecule has 0 saturated heterocycles. The molecule has 0 unspecified atom stereocenters. The number of hydrogen-bond acceptors (Lipinski definition) is 2. The third kappa shape index (κ3) is 3.48. The molecular weight excluding hydrogens is 292 g/mol. The van der Waals surface area contributed by atoms with E-state index in [2.05, 4.69) is 22.0 Å². The molecule has 100 valence electrons. The van der Waals surface area contributed by atoms with Crippen LogP contribution in [0.3, 0.4) is 0 Å². The van der Waals surface area contributed by atoms with Crippen molar-refractivity contribution < 1.29 is 9.84 Å². The van der Waals surface area contributed by atoms with Gasteiger partial charge in [0.25, 0.3) is 0 Å². The Bertz CT molecular complexity index is 395. The minimum Gasteiger partial charge on any atom is -0.496 e. The van der Waals surface area contributed by atoms with Crippen LogP contribution >= 0.6 is 15.9 Å². The average Bonchev–Trinajstić information content (AvgIpc) is 2.54. The summed E-state index contributed by atoms with van der Waals surface area (Å²) in [5.41, 5.74) is 0.664. The molecule has 1 aromatic carbocycles. The van der Waals surface area contributed by atoms with Gasteiger partial charge in [0.15, 0.2) is 0 Å². The van der Waals surface area contributed by atoms with Crippen molar-refractivity contribution in [1.82, 2.24) is 0 Å². The SMILES string of the molecule is COc1ccc(CC2(O)CCCCCC2)cc1Br. The molecule has 1 N–H and O–H groups in total. The molecule has 2 nitrogen and oxygen atoms in total. The van der Waals surface area contributed by atoms with Gasteiger partial charge in [-0.3, -0.25) is 0 Å². The lowest BCUT2D eigenvalue weighted by molar-refractivity contribution is 0.0252. The van der Waals surface area contributed by atoms with Crippen LogP contribution in [0.1, 0.15) is 44.1 Å². The summed E-state index contributed by atoms with van der Waals surface area (Å²) in [5.74, 6) is 0.839. The van der Waals surface area contributed by atoms with Crippen LogP contribution in [0.5, 0.6) is 5.75 Å². The van der Waals surface area contributed by atoms with Gasteiger partial charge in [-0.1, -0.05) is 31.7 Å². The normalized spacial score (nSPS) is 19.3. The first-order valence-electron chi connectivity index (χ1n) is 6.68. The van der Waals surface area contributed by atoms with Crippen molar-refractivity contribution >= 4 is 15.9 Å². The molecule has 0 amide bonds. The van der Waals surface area contributed by atoms with E-state index < -0.39 is 5.60 Å². The van der Waals surface area contributed by atoms with Crippen molar-refractivity contribution in [3.63, 3.8) is 0 Å². The van der Waals surface area contributed by atoms with Gasteiger partial charge in [0.2, 0.25) is 0 Å². The second-order valence-electron chi connectivity index (χ2n) is 5.28. The second kappa shape index (κ2) is 6.07. The van der Waals surface area contributed by atoms with E-state index in [1.807, 2.05) is 12.1 Å². The maximum Gasteiger partial charge on any atom is 0.133 e. The Balaban J connectivity index is 2.10. The highest BCUT2D eigenvalue weighted by Crippen LogP contribution is 2.32. The van der Waals surface area contributed by atoms with E-state index in [9.17, 15) is 5.11 Å². The highest BCUT2D eigenvalue weighted by Gasteiger charge is 2.28. The van der Waals surface area contributed by atoms with E-state index in [1.54, 1.807) is 7.11 Å². The van der Waals surface area contributed by atoms with Crippen LogP contribution in [0, 0.1) is 0 Å². The molecule has 0 atom stereocenters. The Hall–Kier alpha value is -0.540. The second-order valence-corrected chi connectivity index (χ2v) is 6.14. The summed E-state index contributed by atoms with van der Waals surface area (Å²) in [5, 5.41) is 10.7. The number of ether oxygens (including phenoxy) is 1. The van der Waals surface area contributed by atoms with Crippen LogP contribution < -0.4 is 4.74 Å². The maximum atomic E-state index is 10.7. The minimum atomic E-state index is -0.509. The van der Waals surface area contributed by atoms with E-state index in [0.717, 1.165) is 42.3 Å². The van der Waals surface area contributed by atoms with Crippen LogP contribution in [0.15, 0.2) is 22.7 Å². The van der Waals surface area contributed by atoms with Crippen LogP contribution in [0.2, 0.25) is 0 Å². The Morgan fingerprint density at radius 3 is 2.44 bits per heavy atom. The van der Waals surface area contributed by atoms with E-state index in [-0.39, 0.29) is 0 Å². The summed E-state index contributed by atoms with van der Waals surface area (Å²) in [7, 11) is 1.67. The zero-order valence-corrected chi connectivity index (χ0v) is 12.5. The predicted molar refractivity (Wildman–Crippen MR) is 77.0 cm³/mol. The van der Waals surface area contributed by atoms with Crippen molar-refractivity contribution in [1.29, 1.82) is 0 Å². The van der Waals surface area contributed by atoms with Gasteiger partial charge >= 0.3 is 0 Å². The highest BCUT2D eigenvalue weighted by molar-refractivity contribution is 9.10. The zero-order valence-electron chi connectivity index (χ0n) is 10.9. The molecule has 1 aromatic rings. The molecule has 2 rings (SSSR count). The topological polar surface area (TPSA) is 29.5 Å². The Morgan fingerprint density at radius 1 is 1.22 bits per heavy atom. The van der Waals surface area contributed by atoms with Gasteiger partial charge in [0.1, 0.15) is 5.75 Å². The fourth-order valence-corrected chi connectivity index (χ4v) is 3.35. The maximum absolute atomic E-state index is 10.7. The monoisotopic (exact) mass is 312 g/mol. The van der Waals surface area contributed by atoms with Gasteiger partial charge in [-0.2, -0.15) is 0 Å². The third-order valence-electron chi connectivity index (χ3n) is 3.78. The van der Waals surface area contributed by atoms with Crippen molar-refractivity contribution in [2.24, 2.45) is 0 Å². The first-order valence-corrected chi connectivity index (χ1v) is 7.47. The number of aliphatic hydroxyl groups is 1. The zero-order chi connectivity index (χ0) is 13.0. The summed E-state index contributed by atoms with van der Waals surface area (Å²) in [6.07, 6.45) is 7.41. The van der Waals surface area contributed by atoms with Crippen LogP contribution in [-0.2, 0) is 6.42 Å². The lowest BCUT2D eigenvalue weighted by Crippen LogP contribution is -2.30. The van der Waals surface area contributed by atoms with Crippen molar-refractivity contribution in [2.75, 3.05) is 7.11 Å². The molecule has 0 bridgehead atoms. The largest absolute Gasteiger partial charge is 0.496 e. The van der Waals surface area contributed by atoms with Crippen LogP contribution in [0.4, 0.5) is 0 Å². The number of rotatable bonds is 3. The fourth-order valence-electron chi connectivity index (χ4n) is 2.76. The van der Waals surface area contributed by atoms with Gasteiger partial charge < -0.3 is 9.84 Å². The minimum absolute atomic E-state index is 0.509. The summed E-state index contributed by atoms with van der Waals surface area (Å²) < 4.78 is 6.18. The lowest BCUT2D eigenvalue weighted by atomic mass is 9.87. The number of halogens is 1. The van der Waals surface area contributed by atoms with Crippen molar-refractivity contribution in [2.45, 2.75) is 50.5 Å². The molecule has 0 aliphatic heterocycles. The number of methoxy groups -OCH3 is 1. The molecule has 0 aromatic heterocycles. The van der Waals surface area contributed by atoms with Gasteiger partial charge in [0, 0.05) is 6.42 Å². The highest BCUT2D eigenvalue weighted by atomic mass is 79.9. The third-order valence-corrected chi connectivity index (χ3v) is 4.40. The fraction of sp³-hybridized carbons (Fsp3) is 0.600. The first kappa shape index (κ1) is 13.9. The Kier molecular flexibility index (Phi) is 4.68. The average molecular weight is 313 g/mol. The predicted octanol–water partition coefficient (Wildman–Crippen LogP) is 4.09. The van der Waals surface area contributed by atoms with Crippen molar-refractivity contribution in [3.8, 4) is 5.75 Å². The summed E-state index contributed by atoms with van der Waals surface area (Å²) in [4.78, 5) is 0. The molecule has 0 heterocycles. The van der Waals surface area contributed by atoms with Gasteiger partial charge in [-0.25, -0.2) is 0 Å². The summed E-state index contributed by atoms with van der Waals surface area (Å²) >= 11 is 3.50. The number of hydrogen-bond donors (Lipinski definition) is 1. The Morgan fingerprint density at radius 2 is 1.89 bits per heavy atom. The molecule has 1 fully saturated rings. The number of benzene rings is 1. The molecule has 0 radical (unpaired) electrons. The van der Waals surface area contributed by atoms with Crippen molar-refractivity contribution in [3.05, 3.63) is 28.2 Å². The molecule has 3 heteroatoms. The van der Waals surface area contributed by atoms with E-state index >= 15 is 0 Å². The Labute approximate surface area is 117 Å². The molecule has 1 aliphatic rings. The van der Waals surface area contributed by atoms with Gasteiger partial charge in [-0.15, -0.1) is 0 Å². The van der Waals surface area contributed by atoms with E-state index in [4.69, 9.17) is 4.74 Å². The van der Waals surface area contributed by atoms with Crippen LogP contribution in [0.25, 0.3) is 0 Å². The standard InChI is InChI=1S/C15H21BrO2/c1-18-14-7-6-12(10-13(14)16)11-15(17)8-4-2-3-5-9-15/h6-7,10,17H,2-5,8-9,11H2,1H3. The first-order chi connectivity index (χ1) is 8.63.